The number of aryl methyl sites for hydroxylation is 2. The molecule has 1 aliphatic rings. The summed E-state index contributed by atoms with van der Waals surface area (Å²) < 4.78 is 11.2. The highest BCUT2D eigenvalue weighted by atomic mass is 16.6. The van der Waals surface area contributed by atoms with Crippen LogP contribution in [0.25, 0.3) is 0 Å². The Kier molecular flexibility index (Phi) is 5.70. The normalized spacial score (nSPS) is 21.3. The Bertz CT molecular complexity index is 857. The molecule has 1 amide bonds. The van der Waals surface area contributed by atoms with Gasteiger partial charge in [0.2, 0.25) is 11.5 Å². The number of hydrogen-bond acceptors (Lipinski definition) is 4. The van der Waals surface area contributed by atoms with Crippen LogP contribution in [-0.4, -0.2) is 35.3 Å². The highest BCUT2D eigenvalue weighted by molar-refractivity contribution is 5.92. The summed E-state index contributed by atoms with van der Waals surface area (Å²) in [5.41, 5.74) is 2.40. The van der Waals surface area contributed by atoms with E-state index in [2.05, 4.69) is 11.4 Å². The Morgan fingerprint density at radius 3 is 2.36 bits per heavy atom. The van der Waals surface area contributed by atoms with Crippen LogP contribution in [0.4, 0.5) is 5.69 Å². The van der Waals surface area contributed by atoms with Crippen molar-refractivity contribution in [3.8, 4) is 5.75 Å². The molecule has 1 aliphatic heterocycles. The molecule has 0 aliphatic carbocycles. The number of hydrogen-bond donors (Lipinski definition) is 2. The van der Waals surface area contributed by atoms with Gasteiger partial charge in [0.05, 0.1) is 13.0 Å². The number of anilines is 1. The van der Waals surface area contributed by atoms with Crippen LogP contribution < -0.4 is 10.1 Å². The van der Waals surface area contributed by atoms with E-state index in [1.807, 2.05) is 26.0 Å². The molecule has 0 bridgehead atoms. The molecule has 148 valence electrons. The first-order chi connectivity index (χ1) is 13.3. The van der Waals surface area contributed by atoms with Crippen LogP contribution in [-0.2, 0) is 20.7 Å². The number of carbonyl (C=O) groups is 2. The van der Waals surface area contributed by atoms with Crippen molar-refractivity contribution in [1.29, 1.82) is 0 Å². The maximum absolute atomic E-state index is 12.3. The van der Waals surface area contributed by atoms with Gasteiger partial charge in [-0.05, 0) is 61.7 Å². The predicted molar refractivity (Wildman–Crippen MR) is 106 cm³/mol. The molecule has 1 heterocycles. The van der Waals surface area contributed by atoms with Gasteiger partial charge in [0.25, 0.3) is 0 Å². The first-order valence-corrected chi connectivity index (χ1v) is 9.29. The van der Waals surface area contributed by atoms with Crippen molar-refractivity contribution in [2.45, 2.75) is 45.3 Å². The average Bonchev–Trinajstić information content (AvgIpc) is 2.97. The van der Waals surface area contributed by atoms with Crippen molar-refractivity contribution >= 4 is 17.6 Å². The molecule has 0 radical (unpaired) electrons. The molecule has 1 saturated heterocycles. The van der Waals surface area contributed by atoms with Gasteiger partial charge in [-0.15, -0.1) is 0 Å². The molecule has 0 saturated carbocycles. The Labute approximate surface area is 164 Å². The molecular weight excluding hydrogens is 358 g/mol. The van der Waals surface area contributed by atoms with Crippen LogP contribution in [0.3, 0.4) is 0 Å². The fourth-order valence-corrected chi connectivity index (χ4v) is 3.51. The standard InChI is InChI=1S/C22H25NO5/c1-14-10-15(2)12-18(11-14)23-20(24)13-17-4-6-19(7-5-17)28-22(21(25)26)8-9-27-16(22)3/h4-7,10-12,16H,8-9,13H2,1-3H3,(H,23,24)(H,25,26)/t16-,22+/m1/s1. The van der Waals surface area contributed by atoms with Crippen molar-refractivity contribution in [3.63, 3.8) is 0 Å². The van der Waals surface area contributed by atoms with Crippen molar-refractivity contribution in [2.75, 3.05) is 11.9 Å². The second-order valence-corrected chi connectivity index (χ2v) is 7.31. The van der Waals surface area contributed by atoms with Gasteiger partial charge in [0.1, 0.15) is 11.9 Å². The lowest BCUT2D eigenvalue weighted by atomic mass is 9.96. The van der Waals surface area contributed by atoms with Crippen molar-refractivity contribution < 1.29 is 24.2 Å². The van der Waals surface area contributed by atoms with Crippen molar-refractivity contribution in [3.05, 3.63) is 59.2 Å². The number of amides is 1. The SMILES string of the molecule is Cc1cc(C)cc(NC(=O)Cc2ccc(O[C@@]3(C(=O)O)CCO[C@@H]3C)cc2)c1. The van der Waals surface area contributed by atoms with E-state index in [0.29, 0.717) is 18.8 Å². The van der Waals surface area contributed by atoms with E-state index in [1.54, 1.807) is 31.2 Å². The topological polar surface area (TPSA) is 84.9 Å². The van der Waals surface area contributed by atoms with Gasteiger partial charge in [-0.3, -0.25) is 4.79 Å². The largest absolute Gasteiger partial charge is 0.478 e. The number of carboxylic acids is 1. The van der Waals surface area contributed by atoms with Crippen molar-refractivity contribution in [1.82, 2.24) is 0 Å². The first-order valence-electron chi connectivity index (χ1n) is 9.29. The van der Waals surface area contributed by atoms with E-state index in [4.69, 9.17) is 9.47 Å². The zero-order valence-electron chi connectivity index (χ0n) is 16.3. The lowest BCUT2D eigenvalue weighted by molar-refractivity contribution is -0.159. The zero-order chi connectivity index (χ0) is 20.3. The number of benzene rings is 2. The number of nitrogens with one attached hydrogen (secondary N) is 1. The maximum Gasteiger partial charge on any atom is 0.350 e. The number of carbonyl (C=O) groups excluding carboxylic acids is 1. The molecule has 2 N–H and O–H groups in total. The molecule has 2 aromatic carbocycles. The third-order valence-corrected chi connectivity index (χ3v) is 4.95. The van der Waals surface area contributed by atoms with Crippen LogP contribution in [0.5, 0.6) is 5.75 Å². The van der Waals surface area contributed by atoms with E-state index in [9.17, 15) is 14.7 Å². The highest BCUT2D eigenvalue weighted by Gasteiger charge is 2.51. The average molecular weight is 383 g/mol. The summed E-state index contributed by atoms with van der Waals surface area (Å²) in [6.07, 6.45) is -0.0197. The third-order valence-electron chi connectivity index (χ3n) is 4.95. The molecule has 1 fully saturated rings. The molecule has 3 rings (SSSR count). The number of carboxylic acid groups (broad SMARTS) is 1. The van der Waals surface area contributed by atoms with E-state index in [-0.39, 0.29) is 12.3 Å². The second kappa shape index (κ2) is 8.02. The molecule has 0 spiro atoms. The van der Waals surface area contributed by atoms with Gasteiger partial charge in [-0.2, -0.15) is 0 Å². The van der Waals surface area contributed by atoms with Gasteiger partial charge in [0.15, 0.2) is 0 Å². The minimum atomic E-state index is -1.37. The molecule has 2 atom stereocenters. The second-order valence-electron chi connectivity index (χ2n) is 7.31. The van der Waals surface area contributed by atoms with Crippen molar-refractivity contribution in [2.24, 2.45) is 0 Å². The van der Waals surface area contributed by atoms with Gasteiger partial charge in [0, 0.05) is 12.1 Å². The van der Waals surface area contributed by atoms with Crippen LogP contribution in [0.2, 0.25) is 0 Å². The molecular formula is C22H25NO5. The summed E-state index contributed by atoms with van der Waals surface area (Å²) in [7, 11) is 0. The molecule has 2 aromatic rings. The Hall–Kier alpha value is -2.86. The minimum Gasteiger partial charge on any atom is -0.478 e. The number of aliphatic carboxylic acids is 1. The maximum atomic E-state index is 12.3. The van der Waals surface area contributed by atoms with Gasteiger partial charge < -0.3 is 19.9 Å². The van der Waals surface area contributed by atoms with Crippen LogP contribution in [0, 0.1) is 13.8 Å². The first kappa shape index (κ1) is 19.9. The summed E-state index contributed by atoms with van der Waals surface area (Å²) >= 11 is 0. The lowest BCUT2D eigenvalue weighted by Crippen LogP contribution is -2.50. The van der Waals surface area contributed by atoms with Gasteiger partial charge in [-0.25, -0.2) is 4.79 Å². The van der Waals surface area contributed by atoms with E-state index >= 15 is 0 Å². The van der Waals surface area contributed by atoms with Crippen LogP contribution in [0.1, 0.15) is 30.0 Å². The monoisotopic (exact) mass is 383 g/mol. The van der Waals surface area contributed by atoms with Gasteiger partial charge in [-0.1, -0.05) is 18.2 Å². The summed E-state index contributed by atoms with van der Waals surface area (Å²) in [5.74, 6) is -0.703. The summed E-state index contributed by atoms with van der Waals surface area (Å²) in [6, 6.07) is 12.8. The van der Waals surface area contributed by atoms with Crippen LogP contribution >= 0.6 is 0 Å². The summed E-state index contributed by atoms with van der Waals surface area (Å²) in [4.78, 5) is 24.0. The molecule has 0 unspecified atom stereocenters. The predicted octanol–water partition coefficient (Wildman–Crippen LogP) is 3.50. The quantitative estimate of drug-likeness (QED) is 0.798. The Morgan fingerprint density at radius 1 is 1.18 bits per heavy atom. The lowest BCUT2D eigenvalue weighted by Gasteiger charge is -2.28. The number of rotatable bonds is 6. The number of ether oxygens (including phenoxy) is 2. The molecule has 0 aromatic heterocycles. The fourth-order valence-electron chi connectivity index (χ4n) is 3.51. The van der Waals surface area contributed by atoms with Gasteiger partial charge >= 0.3 is 5.97 Å². The molecule has 6 heteroatoms. The molecule has 28 heavy (non-hydrogen) atoms. The Balaban J connectivity index is 1.64. The smallest absolute Gasteiger partial charge is 0.350 e. The molecule has 6 nitrogen and oxygen atoms in total. The summed E-state index contributed by atoms with van der Waals surface area (Å²) in [5, 5.41) is 12.5. The van der Waals surface area contributed by atoms with E-state index in [1.165, 1.54) is 0 Å². The summed E-state index contributed by atoms with van der Waals surface area (Å²) in [6.45, 7) is 6.03. The van der Waals surface area contributed by atoms with Crippen LogP contribution in [0.15, 0.2) is 42.5 Å². The highest BCUT2D eigenvalue weighted by Crippen LogP contribution is 2.32. The fraction of sp³-hybridized carbons (Fsp3) is 0.364. The van der Waals surface area contributed by atoms with E-state index < -0.39 is 17.7 Å². The van der Waals surface area contributed by atoms with E-state index in [0.717, 1.165) is 22.4 Å². The minimum absolute atomic E-state index is 0.113. The Morgan fingerprint density at radius 2 is 1.82 bits per heavy atom. The zero-order valence-corrected chi connectivity index (χ0v) is 16.3. The third kappa shape index (κ3) is 4.34.